The average molecular weight is 734 g/mol. The van der Waals surface area contributed by atoms with Crippen molar-refractivity contribution >= 4 is 35.5 Å². The van der Waals surface area contributed by atoms with Gasteiger partial charge in [-0.1, -0.05) is 48.5 Å². The average Bonchev–Trinajstić information content (AvgIpc) is 3.22. The van der Waals surface area contributed by atoms with Crippen molar-refractivity contribution in [2.45, 2.75) is 65.5 Å². The quantitative estimate of drug-likeness (QED) is 0.144. The highest BCUT2D eigenvalue weighted by Crippen LogP contribution is 2.22. The number of nitrogens with two attached hydrogens (primary N) is 1. The van der Waals surface area contributed by atoms with Crippen molar-refractivity contribution in [1.29, 1.82) is 0 Å². The normalized spacial score (nSPS) is 14.0. The van der Waals surface area contributed by atoms with Gasteiger partial charge in [-0.2, -0.15) is 0 Å². The Morgan fingerprint density at radius 3 is 1.39 bits per heavy atom. The monoisotopic (exact) mass is 733 g/mol. The van der Waals surface area contributed by atoms with Crippen molar-refractivity contribution < 1.29 is 23.9 Å². The number of rotatable bonds is 9. The summed E-state index contributed by atoms with van der Waals surface area (Å²) in [5, 5.41) is 0. The molecule has 0 bridgehead atoms. The second-order valence-electron chi connectivity index (χ2n) is 13.6. The van der Waals surface area contributed by atoms with Gasteiger partial charge in [-0.05, 0) is 99.9 Å². The fourth-order valence-corrected chi connectivity index (χ4v) is 6.51. The van der Waals surface area contributed by atoms with E-state index in [1.54, 1.807) is 34.1 Å². The zero-order chi connectivity index (χ0) is 38.5. The third-order valence-electron chi connectivity index (χ3n) is 9.53. The fraction of sp³-hybridized carbons (Fsp3) is 0.381. The summed E-state index contributed by atoms with van der Waals surface area (Å²) < 4.78 is 4.74. The summed E-state index contributed by atoms with van der Waals surface area (Å²) in [7, 11) is 1.36. The van der Waals surface area contributed by atoms with E-state index in [4.69, 9.17) is 10.5 Å². The van der Waals surface area contributed by atoms with Crippen LogP contribution in [0.25, 0.3) is 0 Å². The molecule has 0 radical (unpaired) electrons. The number of urea groups is 2. The molecule has 284 valence electrons. The van der Waals surface area contributed by atoms with Crippen LogP contribution in [-0.2, 0) is 17.8 Å². The summed E-state index contributed by atoms with van der Waals surface area (Å²) >= 11 is 0. The molecular weight excluding hydrogens is 683 g/mol. The van der Waals surface area contributed by atoms with Gasteiger partial charge in [0, 0.05) is 43.1 Å². The predicted molar refractivity (Wildman–Crippen MR) is 210 cm³/mol. The third-order valence-corrected chi connectivity index (χ3v) is 9.53. The van der Waals surface area contributed by atoms with Crippen molar-refractivity contribution in [2.75, 3.05) is 49.6 Å². The number of amides is 4. The van der Waals surface area contributed by atoms with E-state index in [0.29, 0.717) is 35.9 Å². The molecule has 12 nitrogen and oxygen atoms in total. The molecule has 2 N–H and O–H groups in total. The molecular formula is C42H51N7O5. The standard InChI is InChI=1S/C21H26N4O2.C21H25N3O3/c1-16-6-5-7-20(23-16)25(21(27)24-12-3-2-4-13-24)15-17-8-10-18(11-9-17)19(26)14-22;1-16-7-6-8-19(22-16)24(21(26)23-13-4-3-5-14-23)15-17-9-11-18(12-10-17)20(25)27-2/h5-11H,2-4,12-15,22H2,1H3;6-12H,3-5,13-15H2,1-2H3. The maximum absolute atomic E-state index is 13.2. The van der Waals surface area contributed by atoms with Crippen molar-refractivity contribution in [2.24, 2.45) is 5.73 Å². The molecule has 0 spiro atoms. The van der Waals surface area contributed by atoms with Crippen LogP contribution in [0.5, 0.6) is 0 Å². The summed E-state index contributed by atoms with van der Waals surface area (Å²) in [5.74, 6) is 0.821. The van der Waals surface area contributed by atoms with Crippen LogP contribution in [0.3, 0.4) is 0 Å². The minimum absolute atomic E-state index is 0.00781. The Hall–Kier alpha value is -5.62. The van der Waals surface area contributed by atoms with Crippen LogP contribution in [0.15, 0.2) is 84.9 Å². The molecule has 0 aliphatic carbocycles. The number of carbonyl (C=O) groups excluding carboxylic acids is 4. The maximum Gasteiger partial charge on any atom is 0.337 e. The highest BCUT2D eigenvalue weighted by atomic mass is 16.5. The molecule has 0 unspecified atom stereocenters. The highest BCUT2D eigenvalue weighted by Gasteiger charge is 2.26. The number of ether oxygens (including phenoxy) is 1. The second-order valence-corrected chi connectivity index (χ2v) is 13.6. The fourth-order valence-electron chi connectivity index (χ4n) is 6.51. The van der Waals surface area contributed by atoms with Crippen LogP contribution < -0.4 is 15.5 Å². The highest BCUT2D eigenvalue weighted by molar-refractivity contribution is 5.97. The Morgan fingerprint density at radius 2 is 1.02 bits per heavy atom. The number of pyridine rings is 2. The molecule has 4 amide bonds. The van der Waals surface area contributed by atoms with E-state index in [2.05, 4.69) is 9.97 Å². The molecule has 2 aromatic carbocycles. The second kappa shape index (κ2) is 19.5. The van der Waals surface area contributed by atoms with Crippen LogP contribution >= 0.6 is 0 Å². The first kappa shape index (κ1) is 39.6. The lowest BCUT2D eigenvalue weighted by Crippen LogP contribution is -2.45. The number of anilines is 2. The Morgan fingerprint density at radius 1 is 0.611 bits per heavy atom. The number of aromatic nitrogens is 2. The van der Waals surface area contributed by atoms with E-state index in [9.17, 15) is 19.2 Å². The first-order valence-electron chi connectivity index (χ1n) is 18.7. The van der Waals surface area contributed by atoms with Crippen molar-refractivity contribution in [3.63, 3.8) is 0 Å². The van der Waals surface area contributed by atoms with Gasteiger partial charge in [0.05, 0.1) is 32.3 Å². The predicted octanol–water partition coefficient (Wildman–Crippen LogP) is 6.93. The molecule has 2 aromatic heterocycles. The van der Waals surface area contributed by atoms with Gasteiger partial charge in [0.25, 0.3) is 0 Å². The number of ketones is 1. The van der Waals surface area contributed by atoms with Gasteiger partial charge in [0.1, 0.15) is 11.6 Å². The smallest absolute Gasteiger partial charge is 0.337 e. The molecule has 0 saturated carbocycles. The molecule has 0 atom stereocenters. The molecule has 54 heavy (non-hydrogen) atoms. The van der Waals surface area contributed by atoms with Crippen molar-refractivity contribution in [3.05, 3.63) is 119 Å². The summed E-state index contributed by atoms with van der Waals surface area (Å²) in [6.07, 6.45) is 6.49. The summed E-state index contributed by atoms with van der Waals surface area (Å²) in [6.45, 7) is 7.75. The lowest BCUT2D eigenvalue weighted by molar-refractivity contribution is 0.0600. The van der Waals surface area contributed by atoms with Gasteiger partial charge in [0.15, 0.2) is 5.78 Å². The van der Waals surface area contributed by atoms with E-state index < -0.39 is 0 Å². The Labute approximate surface area is 317 Å². The van der Waals surface area contributed by atoms with E-state index in [0.717, 1.165) is 74.4 Å². The van der Waals surface area contributed by atoms with Crippen LogP contribution in [0.2, 0.25) is 0 Å². The van der Waals surface area contributed by atoms with Gasteiger partial charge >= 0.3 is 18.0 Å². The molecule has 4 heterocycles. The van der Waals surface area contributed by atoms with Crippen LogP contribution in [-0.4, -0.2) is 83.4 Å². The Kier molecular flexibility index (Phi) is 14.3. The van der Waals surface area contributed by atoms with E-state index >= 15 is 0 Å². The van der Waals surface area contributed by atoms with Crippen LogP contribution in [0.1, 0.15) is 81.8 Å². The summed E-state index contributed by atoms with van der Waals surface area (Å²) in [6, 6.07) is 25.7. The van der Waals surface area contributed by atoms with Gasteiger partial charge in [-0.25, -0.2) is 24.4 Å². The van der Waals surface area contributed by atoms with E-state index in [1.807, 2.05) is 84.3 Å². The van der Waals surface area contributed by atoms with Gasteiger partial charge < -0.3 is 20.3 Å². The van der Waals surface area contributed by atoms with E-state index in [1.165, 1.54) is 20.0 Å². The first-order chi connectivity index (χ1) is 26.2. The van der Waals surface area contributed by atoms with E-state index in [-0.39, 0.29) is 30.4 Å². The number of Topliss-reactive ketones (excluding diaryl/α,β-unsaturated/α-hetero) is 1. The Bertz CT molecular complexity index is 1730. The van der Waals surface area contributed by atoms with Gasteiger partial charge in [-0.15, -0.1) is 0 Å². The van der Waals surface area contributed by atoms with Gasteiger partial charge in [-0.3, -0.25) is 14.6 Å². The molecule has 2 aliphatic rings. The molecule has 2 fully saturated rings. The number of hydrogen-bond acceptors (Lipinski definition) is 8. The topological polar surface area (TPSA) is 142 Å². The maximum atomic E-state index is 13.2. The number of nitrogens with zero attached hydrogens (tertiary/aromatic N) is 6. The molecule has 2 aliphatic heterocycles. The zero-order valence-electron chi connectivity index (χ0n) is 31.6. The lowest BCUT2D eigenvalue weighted by Gasteiger charge is -2.32. The molecule has 2 saturated heterocycles. The number of carbonyl (C=O) groups is 4. The third kappa shape index (κ3) is 10.7. The molecule has 12 heteroatoms. The SMILES string of the molecule is COC(=O)c1ccc(CN(C(=O)N2CCCCC2)c2cccc(C)n2)cc1.Cc1cccc(N(Cc2ccc(C(=O)CN)cc2)C(=O)N2CCCCC2)n1. The lowest BCUT2D eigenvalue weighted by atomic mass is 10.1. The molecule has 4 aromatic rings. The van der Waals surface area contributed by atoms with Gasteiger partial charge in [0.2, 0.25) is 0 Å². The largest absolute Gasteiger partial charge is 0.465 e. The number of aryl methyl sites for hydroxylation is 2. The Balaban J connectivity index is 0.000000208. The number of esters is 1. The molecule has 6 rings (SSSR count). The number of benzene rings is 2. The van der Waals surface area contributed by atoms with Crippen molar-refractivity contribution in [1.82, 2.24) is 19.8 Å². The number of methoxy groups -OCH3 is 1. The summed E-state index contributed by atoms with van der Waals surface area (Å²) in [5.41, 5.74) is 10.1. The van der Waals surface area contributed by atoms with Crippen LogP contribution in [0, 0.1) is 13.8 Å². The number of hydrogen-bond donors (Lipinski definition) is 1. The minimum Gasteiger partial charge on any atom is -0.465 e. The van der Waals surface area contributed by atoms with Crippen molar-refractivity contribution in [3.8, 4) is 0 Å². The minimum atomic E-state index is -0.372. The van der Waals surface area contributed by atoms with Crippen LogP contribution in [0.4, 0.5) is 21.2 Å². The number of piperidine rings is 2. The first-order valence-corrected chi connectivity index (χ1v) is 18.7. The summed E-state index contributed by atoms with van der Waals surface area (Å²) in [4.78, 5) is 66.0. The number of likely N-dealkylation sites (tertiary alicyclic amines) is 2. The zero-order valence-corrected chi connectivity index (χ0v) is 31.6.